The molecule has 0 radical (unpaired) electrons. The number of aromatic nitrogens is 2. The van der Waals surface area contributed by atoms with Crippen LogP contribution in [-0.4, -0.2) is 89.2 Å². The summed E-state index contributed by atoms with van der Waals surface area (Å²) in [7, 11) is -3.87. The zero-order valence-electron chi connectivity index (χ0n) is 29.9. The van der Waals surface area contributed by atoms with Crippen molar-refractivity contribution in [1.29, 1.82) is 0 Å². The second kappa shape index (κ2) is 14.4. The van der Waals surface area contributed by atoms with Gasteiger partial charge >= 0.3 is 6.09 Å². The standard InChI is InChI=1S/C38H44N6O8S/c1-4-25-20-38(25,36(47)43-53(49,50)27-14-15-27)42-33(45)30-19-26-21-44(30)35(46)31(22(2)3)41-37(48)51-17-9-8-10-23-13-16-28-29(18-23)40-34(52-26)32(39-28)24-11-6-5-7-12-24/h5-8,10-13,16,18,22,25-27,30-31H,4,9,14-15,17,19-21H2,1-3H3,(H,41,48)(H,42,45)(H,43,47)/b10-8+/t25-,26-,30+,31+,38+/m1/s1. The van der Waals surface area contributed by atoms with Gasteiger partial charge in [-0.2, -0.15) is 0 Å². The summed E-state index contributed by atoms with van der Waals surface area (Å²) >= 11 is 0. The van der Waals surface area contributed by atoms with Crippen LogP contribution in [0.2, 0.25) is 0 Å². The third-order valence-electron chi connectivity index (χ3n) is 10.4. The number of carbonyl (C=O) groups is 4. The molecule has 0 spiro atoms. The van der Waals surface area contributed by atoms with Crippen molar-refractivity contribution in [2.75, 3.05) is 13.2 Å². The lowest BCUT2D eigenvalue weighted by Gasteiger charge is -2.31. The Balaban J connectivity index is 1.25. The van der Waals surface area contributed by atoms with E-state index in [0.29, 0.717) is 42.4 Å². The number of ether oxygens (including phenoxy) is 2. The second-order valence-electron chi connectivity index (χ2n) is 14.6. The van der Waals surface area contributed by atoms with Gasteiger partial charge in [-0.05, 0) is 55.2 Å². The van der Waals surface area contributed by atoms with Crippen LogP contribution in [0.3, 0.4) is 0 Å². The van der Waals surface area contributed by atoms with E-state index in [1.54, 1.807) is 13.8 Å². The largest absolute Gasteiger partial charge is 0.471 e. The van der Waals surface area contributed by atoms with Crippen molar-refractivity contribution in [3.63, 3.8) is 0 Å². The number of nitrogens with zero attached hydrogens (tertiary/aromatic N) is 3. The average molecular weight is 745 g/mol. The number of alkyl carbamates (subject to hydrolysis) is 1. The smallest absolute Gasteiger partial charge is 0.407 e. The van der Waals surface area contributed by atoms with Crippen LogP contribution in [0, 0.1) is 11.8 Å². The fourth-order valence-corrected chi connectivity index (χ4v) is 8.52. The molecule has 3 fully saturated rings. The number of nitrogens with one attached hydrogen (secondary N) is 3. The van der Waals surface area contributed by atoms with Gasteiger partial charge in [-0.25, -0.2) is 23.2 Å². The van der Waals surface area contributed by atoms with Gasteiger partial charge in [-0.3, -0.25) is 19.1 Å². The number of amides is 4. The Morgan fingerprint density at radius 1 is 1.08 bits per heavy atom. The molecule has 5 atom stereocenters. The summed E-state index contributed by atoms with van der Waals surface area (Å²) in [5.74, 6) is -2.38. The molecule has 3 aromatic rings. The summed E-state index contributed by atoms with van der Waals surface area (Å²) in [6.45, 7) is 5.45. The van der Waals surface area contributed by atoms with E-state index in [1.807, 2.05) is 67.6 Å². The van der Waals surface area contributed by atoms with Gasteiger partial charge in [-0.15, -0.1) is 0 Å². The zero-order chi connectivity index (χ0) is 37.5. The second-order valence-corrected chi connectivity index (χ2v) is 16.6. The summed E-state index contributed by atoms with van der Waals surface area (Å²) in [4.78, 5) is 66.3. The number of carbonyl (C=O) groups excluding carboxylic acids is 4. The van der Waals surface area contributed by atoms with E-state index in [2.05, 4.69) is 15.4 Å². The molecule has 2 aromatic carbocycles. The topological polar surface area (TPSA) is 186 Å². The predicted molar refractivity (Wildman–Crippen MR) is 196 cm³/mol. The maximum absolute atomic E-state index is 14.4. The highest BCUT2D eigenvalue weighted by Gasteiger charge is 2.62. The Morgan fingerprint density at radius 3 is 2.55 bits per heavy atom. The molecule has 280 valence electrons. The highest BCUT2D eigenvalue weighted by molar-refractivity contribution is 7.91. The summed E-state index contributed by atoms with van der Waals surface area (Å²) in [6.07, 6.45) is 4.44. The number of fused-ring (bicyclic) bond motifs is 4. The first-order valence-electron chi connectivity index (χ1n) is 18.2. The van der Waals surface area contributed by atoms with Gasteiger partial charge in [-0.1, -0.05) is 75.7 Å². The van der Waals surface area contributed by atoms with Gasteiger partial charge in [0, 0.05) is 12.0 Å². The van der Waals surface area contributed by atoms with Crippen molar-refractivity contribution in [1.82, 2.24) is 30.2 Å². The molecule has 2 aliphatic carbocycles. The normalized spacial score (nSPS) is 26.7. The molecule has 3 N–H and O–H groups in total. The first-order chi connectivity index (χ1) is 25.4. The van der Waals surface area contributed by atoms with Gasteiger partial charge in [0.2, 0.25) is 27.7 Å². The van der Waals surface area contributed by atoms with Crippen LogP contribution >= 0.6 is 0 Å². The number of cyclic esters (lactones) is 1. The first kappa shape index (κ1) is 36.3. The molecule has 7 rings (SSSR count). The molecule has 3 heterocycles. The Bertz CT molecular complexity index is 2070. The molecular formula is C38H44N6O8S. The molecule has 14 nitrogen and oxygen atoms in total. The average Bonchev–Trinajstić information content (AvgIpc) is 4.06. The number of sulfonamides is 1. The maximum Gasteiger partial charge on any atom is 0.407 e. The molecule has 1 saturated heterocycles. The van der Waals surface area contributed by atoms with E-state index < -0.39 is 62.8 Å². The third kappa shape index (κ3) is 7.57. The monoisotopic (exact) mass is 744 g/mol. The van der Waals surface area contributed by atoms with Gasteiger partial charge < -0.3 is 25.0 Å². The van der Waals surface area contributed by atoms with Gasteiger partial charge in [0.1, 0.15) is 29.4 Å². The van der Waals surface area contributed by atoms with E-state index in [-0.39, 0.29) is 43.7 Å². The van der Waals surface area contributed by atoms with E-state index in [1.165, 1.54) is 4.90 Å². The zero-order valence-corrected chi connectivity index (χ0v) is 30.7. The molecule has 2 saturated carbocycles. The van der Waals surface area contributed by atoms with E-state index in [0.717, 1.165) is 11.1 Å². The molecule has 5 bridgehead atoms. The van der Waals surface area contributed by atoms with Crippen molar-refractivity contribution in [2.24, 2.45) is 11.8 Å². The lowest BCUT2D eigenvalue weighted by molar-refractivity contribution is -0.141. The highest BCUT2D eigenvalue weighted by atomic mass is 32.2. The molecule has 2 aliphatic heterocycles. The van der Waals surface area contributed by atoms with Crippen molar-refractivity contribution >= 4 is 50.9 Å². The predicted octanol–water partition coefficient (Wildman–Crippen LogP) is 3.71. The quantitative estimate of drug-likeness (QED) is 0.307. The third-order valence-corrected chi connectivity index (χ3v) is 12.2. The minimum absolute atomic E-state index is 0.0262. The SMILES string of the molecule is CC[C@@H]1C[C@@]1(NC(=O)[C@@H]1C[C@@H]2CN1C(=O)[C@H](C(C)C)NC(=O)OCC/C=C/c1ccc3nc(-c4ccccc4)c(nc3c1)O2)C(=O)NS(=O)(=O)C1CC1. The van der Waals surface area contributed by atoms with Gasteiger partial charge in [0.15, 0.2) is 0 Å². The Kier molecular flexibility index (Phi) is 9.87. The van der Waals surface area contributed by atoms with Crippen LogP contribution in [0.5, 0.6) is 5.88 Å². The summed E-state index contributed by atoms with van der Waals surface area (Å²) in [5.41, 5.74) is 1.89. The van der Waals surface area contributed by atoms with Crippen LogP contribution in [-0.2, 0) is 29.1 Å². The van der Waals surface area contributed by atoms with E-state index >= 15 is 0 Å². The Hall–Kier alpha value is -5.05. The Morgan fingerprint density at radius 2 is 1.85 bits per heavy atom. The number of benzene rings is 2. The lowest BCUT2D eigenvalue weighted by Crippen LogP contribution is -2.59. The van der Waals surface area contributed by atoms with Crippen molar-refractivity contribution in [2.45, 2.75) is 88.3 Å². The first-order valence-corrected chi connectivity index (χ1v) is 19.8. The summed E-state index contributed by atoms with van der Waals surface area (Å²) < 4.78 is 39.6. The molecule has 4 aliphatic rings. The van der Waals surface area contributed by atoms with Gasteiger partial charge in [0.05, 0.1) is 29.4 Å². The van der Waals surface area contributed by atoms with Crippen LogP contribution in [0.1, 0.15) is 64.9 Å². The van der Waals surface area contributed by atoms with Crippen LogP contribution in [0.25, 0.3) is 28.4 Å². The minimum atomic E-state index is -3.87. The molecule has 0 unspecified atom stereocenters. The van der Waals surface area contributed by atoms with Crippen LogP contribution in [0.15, 0.2) is 54.6 Å². The molecule has 4 amide bonds. The summed E-state index contributed by atoms with van der Waals surface area (Å²) in [5, 5.41) is 4.93. The summed E-state index contributed by atoms with van der Waals surface area (Å²) in [6, 6.07) is 12.9. The maximum atomic E-state index is 14.4. The van der Waals surface area contributed by atoms with Crippen molar-refractivity contribution < 1.29 is 37.1 Å². The number of hydrogen-bond acceptors (Lipinski definition) is 10. The molecule has 53 heavy (non-hydrogen) atoms. The van der Waals surface area contributed by atoms with Crippen LogP contribution in [0.4, 0.5) is 4.79 Å². The van der Waals surface area contributed by atoms with Crippen molar-refractivity contribution in [3.8, 4) is 17.1 Å². The number of rotatable bonds is 8. The highest BCUT2D eigenvalue weighted by Crippen LogP contribution is 2.47. The fourth-order valence-electron chi connectivity index (χ4n) is 7.15. The molecule has 15 heteroatoms. The van der Waals surface area contributed by atoms with E-state index in [4.69, 9.17) is 19.4 Å². The van der Waals surface area contributed by atoms with Crippen molar-refractivity contribution in [3.05, 3.63) is 60.2 Å². The Labute approximate surface area is 308 Å². The minimum Gasteiger partial charge on any atom is -0.471 e. The number of hydrogen-bond donors (Lipinski definition) is 3. The molecule has 1 aromatic heterocycles. The fraction of sp³-hybridized carbons (Fsp3) is 0.474. The van der Waals surface area contributed by atoms with Gasteiger partial charge in [0.25, 0.3) is 5.91 Å². The lowest BCUT2D eigenvalue weighted by atomic mass is 10.0. The molecular weight excluding hydrogens is 701 g/mol. The van der Waals surface area contributed by atoms with Crippen LogP contribution < -0.4 is 20.1 Å². The van der Waals surface area contributed by atoms with E-state index in [9.17, 15) is 27.6 Å².